The number of halogens is 6. The smallest absolute Gasteiger partial charge is 0.657 e. The van der Waals surface area contributed by atoms with Crippen LogP contribution in [0.4, 0.5) is 0 Å². The van der Waals surface area contributed by atoms with Crippen LogP contribution in [-0.4, -0.2) is 33.8 Å². The summed E-state index contributed by atoms with van der Waals surface area (Å²) < 4.78 is 12.8. The Bertz CT molecular complexity index is 3020. The molecule has 0 saturated carbocycles. The molecule has 3 aromatic heterocycles. The SMILES string of the molecule is Clc1cccc(Cl)c1-c1c2nc(c(-c3cccc(OCCCCCCCCBr)c3)c3ccc([n-]3)c(-c3c(Cl)cccc3Cl)c3nc(c(-c4cccc(OCCCCCCCCBr)c4)c4ccc1[n-]4)C=C3)C=C2.[Zn+2]. The van der Waals surface area contributed by atoms with E-state index in [4.69, 9.17) is 75.8 Å². The van der Waals surface area contributed by atoms with Gasteiger partial charge in [-0.2, -0.15) is 0 Å². The zero-order chi connectivity index (χ0) is 49.8. The van der Waals surface area contributed by atoms with Crippen molar-refractivity contribution in [3.05, 3.63) is 152 Å². The van der Waals surface area contributed by atoms with Gasteiger partial charge in [-0.05, 0) is 132 Å². The van der Waals surface area contributed by atoms with Crippen LogP contribution in [-0.2, 0) is 19.5 Å². The van der Waals surface area contributed by atoms with E-state index in [0.717, 1.165) is 70.1 Å². The van der Waals surface area contributed by atoms with Gasteiger partial charge in [-0.25, -0.2) is 9.97 Å². The molecule has 73 heavy (non-hydrogen) atoms. The molecule has 0 saturated heterocycles. The first-order valence-corrected chi connectivity index (χ1v) is 28.6. The van der Waals surface area contributed by atoms with Gasteiger partial charge in [-0.3, -0.25) is 0 Å². The number of unbranched alkanes of at least 4 members (excludes halogenated alkanes) is 10. The Morgan fingerprint density at radius 1 is 0.370 bits per heavy atom. The Morgan fingerprint density at radius 2 is 0.685 bits per heavy atom. The fourth-order valence-corrected chi connectivity index (χ4v) is 11.3. The van der Waals surface area contributed by atoms with Crippen LogP contribution in [0.1, 0.15) is 99.8 Å². The van der Waals surface area contributed by atoms with Crippen molar-refractivity contribution in [1.82, 2.24) is 19.9 Å². The van der Waals surface area contributed by atoms with E-state index in [2.05, 4.69) is 56.1 Å². The van der Waals surface area contributed by atoms with Crippen molar-refractivity contribution in [2.75, 3.05) is 23.9 Å². The average Bonchev–Trinajstić information content (AvgIpc) is 4.24. The van der Waals surface area contributed by atoms with Gasteiger partial charge in [0.2, 0.25) is 0 Å². The summed E-state index contributed by atoms with van der Waals surface area (Å²) in [5.41, 5.74) is 11.4. The maximum atomic E-state index is 7.10. The number of hydrogen-bond acceptors (Lipinski definition) is 4. The van der Waals surface area contributed by atoms with Crippen molar-refractivity contribution in [1.29, 1.82) is 0 Å². The van der Waals surface area contributed by atoms with Crippen molar-refractivity contribution in [3.8, 4) is 56.0 Å². The molecule has 5 heterocycles. The summed E-state index contributed by atoms with van der Waals surface area (Å²) in [5.74, 6) is 1.54. The van der Waals surface area contributed by atoms with Crippen molar-refractivity contribution in [2.24, 2.45) is 0 Å². The zero-order valence-electron chi connectivity index (χ0n) is 40.6. The molecule has 13 heteroatoms. The molecule has 2 aliphatic heterocycles. The fraction of sp³-hybridized carbons (Fsp3) is 0.267. The number of hydrogen-bond donors (Lipinski definition) is 0. The van der Waals surface area contributed by atoms with E-state index in [1.807, 2.05) is 109 Å². The van der Waals surface area contributed by atoms with Gasteiger partial charge in [0, 0.05) is 41.9 Å². The van der Waals surface area contributed by atoms with E-state index in [-0.39, 0.29) is 19.5 Å². The minimum absolute atomic E-state index is 0. The first kappa shape index (κ1) is 55.1. The molecule has 0 radical (unpaired) electrons. The molecule has 0 amide bonds. The predicted octanol–water partition coefficient (Wildman–Crippen LogP) is 19.4. The van der Waals surface area contributed by atoms with Gasteiger partial charge in [-0.1, -0.05) is 190 Å². The topological polar surface area (TPSA) is 72.4 Å². The molecule has 0 N–H and O–H groups in total. The second-order valence-electron chi connectivity index (χ2n) is 17.9. The molecule has 7 aromatic rings. The third-order valence-electron chi connectivity index (χ3n) is 12.9. The summed E-state index contributed by atoms with van der Waals surface area (Å²) in [5, 5.41) is 4.03. The van der Waals surface area contributed by atoms with Gasteiger partial charge in [0.05, 0.1) is 36.0 Å². The standard InChI is InChI=1S/C60H54Br2Cl4N4O2.Zn/c61-33-9-5-1-3-7-11-35-71-41-19-13-17-39(37-41)55-47-25-29-51(67-47)59(57-43(63)21-15-22-44(57)64)53-31-27-49(69-53)56(40-18-14-20-42(38-40)72-36-12-8-4-2-6-10-34-62)50-28-32-54(70-50)60(52-30-26-48(55)68-52)58-45(65)23-16-24-46(58)66;/h13-32,37-38H,1-12,33-36H2;/q-2;+2. The monoisotopic (exact) mass is 1220 g/mol. The summed E-state index contributed by atoms with van der Waals surface area (Å²) in [7, 11) is 0. The Kier molecular flexibility index (Phi) is 20.4. The second kappa shape index (κ2) is 27.0. The van der Waals surface area contributed by atoms with Crippen LogP contribution in [0.5, 0.6) is 11.5 Å². The third-order valence-corrected chi connectivity index (χ3v) is 15.3. The van der Waals surface area contributed by atoms with Crippen LogP contribution in [0.25, 0.3) is 90.9 Å². The molecule has 0 fully saturated rings. The average molecular weight is 1230 g/mol. The number of rotatable bonds is 22. The zero-order valence-corrected chi connectivity index (χ0v) is 49.8. The van der Waals surface area contributed by atoms with Crippen LogP contribution >= 0.6 is 78.3 Å². The van der Waals surface area contributed by atoms with Gasteiger partial charge < -0.3 is 19.4 Å². The molecule has 370 valence electrons. The van der Waals surface area contributed by atoms with Crippen molar-refractivity contribution < 1.29 is 29.0 Å². The van der Waals surface area contributed by atoms with E-state index >= 15 is 0 Å². The Balaban J connectivity index is 0.00000711. The number of fused-ring (bicyclic) bond motifs is 8. The number of ether oxygens (including phenoxy) is 2. The molecule has 9 rings (SSSR count). The predicted molar refractivity (Wildman–Crippen MR) is 313 cm³/mol. The number of alkyl halides is 2. The van der Waals surface area contributed by atoms with E-state index in [9.17, 15) is 0 Å². The van der Waals surface area contributed by atoms with Gasteiger partial charge in [0.25, 0.3) is 0 Å². The van der Waals surface area contributed by atoms with Crippen molar-refractivity contribution >= 4 is 125 Å². The minimum atomic E-state index is 0. The molecular formula is C60H54Br2Cl4N4O2Zn. The summed E-state index contributed by atoms with van der Waals surface area (Å²) in [4.78, 5) is 21.7. The second-order valence-corrected chi connectivity index (χ2v) is 21.1. The number of benzene rings is 4. The molecule has 8 bridgehead atoms. The first-order chi connectivity index (χ1) is 35.3. The molecule has 6 nitrogen and oxygen atoms in total. The Labute approximate surface area is 478 Å². The van der Waals surface area contributed by atoms with E-state index in [1.54, 1.807) is 0 Å². The maximum Gasteiger partial charge on any atom is 2.00 e. The molecule has 4 aromatic carbocycles. The Morgan fingerprint density at radius 3 is 1.05 bits per heavy atom. The van der Waals surface area contributed by atoms with Gasteiger partial charge >= 0.3 is 19.5 Å². The van der Waals surface area contributed by atoms with Crippen LogP contribution in [0, 0.1) is 0 Å². The van der Waals surface area contributed by atoms with Gasteiger partial charge in [-0.15, -0.1) is 22.1 Å². The summed E-state index contributed by atoms with van der Waals surface area (Å²) in [6, 6.07) is 35.4. The molecule has 0 unspecified atom stereocenters. The molecular weight excluding hydrogens is 1180 g/mol. The first-order valence-electron chi connectivity index (χ1n) is 24.8. The molecule has 0 atom stereocenters. The quantitative estimate of drug-likeness (QED) is 0.0382. The molecule has 0 aliphatic carbocycles. The van der Waals surface area contributed by atoms with E-state index < -0.39 is 0 Å². The van der Waals surface area contributed by atoms with E-state index in [1.165, 1.54) is 51.4 Å². The van der Waals surface area contributed by atoms with Gasteiger partial charge in [0.1, 0.15) is 11.5 Å². The number of aromatic nitrogens is 4. The van der Waals surface area contributed by atoms with Crippen LogP contribution < -0.4 is 19.4 Å². The van der Waals surface area contributed by atoms with Gasteiger partial charge in [0.15, 0.2) is 0 Å². The van der Waals surface area contributed by atoms with Crippen LogP contribution in [0.15, 0.2) is 109 Å². The van der Waals surface area contributed by atoms with Crippen molar-refractivity contribution in [3.63, 3.8) is 0 Å². The summed E-state index contributed by atoms with van der Waals surface area (Å²) in [6.45, 7) is 1.25. The molecule has 0 spiro atoms. The fourth-order valence-electron chi connectivity index (χ4n) is 9.33. The minimum Gasteiger partial charge on any atom is -0.657 e. The van der Waals surface area contributed by atoms with Crippen LogP contribution in [0.3, 0.4) is 0 Å². The maximum absolute atomic E-state index is 7.10. The Hall–Kier alpha value is -4.18. The third kappa shape index (κ3) is 13.4. The summed E-state index contributed by atoms with van der Waals surface area (Å²) >= 11 is 35.5. The van der Waals surface area contributed by atoms with Crippen LogP contribution in [0.2, 0.25) is 20.1 Å². The molecule has 2 aliphatic rings. The van der Waals surface area contributed by atoms with E-state index in [0.29, 0.717) is 100 Å². The summed E-state index contributed by atoms with van der Waals surface area (Å²) in [6.07, 6.45) is 22.0. The largest absolute Gasteiger partial charge is 2.00 e. The van der Waals surface area contributed by atoms with Crippen molar-refractivity contribution in [2.45, 2.75) is 77.0 Å². The normalized spacial score (nSPS) is 11.8. The number of nitrogens with zero attached hydrogens (tertiary/aromatic N) is 4.